The van der Waals surface area contributed by atoms with E-state index >= 15 is 0 Å². The van der Waals surface area contributed by atoms with Crippen molar-refractivity contribution in [3.63, 3.8) is 0 Å². The zero-order valence-corrected chi connectivity index (χ0v) is 24.4. The summed E-state index contributed by atoms with van der Waals surface area (Å²) in [6.07, 6.45) is 21.0. The second kappa shape index (κ2) is 19.4. The zero-order chi connectivity index (χ0) is 21.4. The molecule has 0 aromatic rings. The third kappa shape index (κ3) is 11.4. The molecule has 0 heterocycles. The Balaban J connectivity index is 5.86. The van der Waals surface area contributed by atoms with E-state index in [0.717, 1.165) is 11.3 Å². The lowest BCUT2D eigenvalue weighted by Gasteiger charge is -2.42. The Labute approximate surface area is 185 Å². The highest BCUT2D eigenvalue weighted by Gasteiger charge is 2.34. The summed E-state index contributed by atoms with van der Waals surface area (Å²) in [5.74, 6) is 0. The van der Waals surface area contributed by atoms with Crippen molar-refractivity contribution in [3.05, 3.63) is 0 Å². The van der Waals surface area contributed by atoms with E-state index in [4.69, 9.17) is 0 Å². The molecular weight excluding hydrogens is 412 g/mol. The van der Waals surface area contributed by atoms with Crippen molar-refractivity contribution in [1.29, 1.82) is 0 Å². The fourth-order valence-electron chi connectivity index (χ4n) is 4.61. The fraction of sp³-hybridized carbons (Fsp3) is 1.00. The van der Waals surface area contributed by atoms with E-state index in [1.54, 1.807) is 37.0 Å². The summed E-state index contributed by atoms with van der Waals surface area (Å²) in [4.78, 5) is 0. The van der Waals surface area contributed by atoms with Crippen molar-refractivity contribution in [1.82, 2.24) is 0 Å². The maximum Gasteiger partial charge on any atom is -0.00988 e. The molecule has 170 valence electrons. The minimum absolute atomic E-state index is 0.237. The smallest absolute Gasteiger partial charge is 0.00988 e. The van der Waals surface area contributed by atoms with Gasteiger partial charge in [-0.15, -0.1) is 31.7 Å². The maximum absolute atomic E-state index is 2.52. The summed E-state index contributed by atoms with van der Waals surface area (Å²) in [5.41, 5.74) is 2.20. The predicted molar refractivity (Wildman–Crippen MR) is 148 cm³/mol. The molecule has 0 aromatic carbocycles. The van der Waals surface area contributed by atoms with Gasteiger partial charge in [0.05, 0.1) is 0 Å². The van der Waals surface area contributed by atoms with E-state index in [-0.39, 0.29) is 31.7 Å². The Kier molecular flexibility index (Phi) is 20.6. The van der Waals surface area contributed by atoms with Crippen molar-refractivity contribution in [2.24, 2.45) is 0 Å². The maximum atomic E-state index is 2.52. The molecule has 28 heavy (non-hydrogen) atoms. The SMILES string of the molecule is CCCP(CCC)CC(C(CP(CC)CC)P(CC)CC)P(CCC)CCC. The highest BCUT2D eigenvalue weighted by molar-refractivity contribution is 7.66. The van der Waals surface area contributed by atoms with Gasteiger partial charge in [-0.25, -0.2) is 0 Å². The number of hydrogen-bond acceptors (Lipinski definition) is 0. The number of hydrogen-bond donors (Lipinski definition) is 0. The van der Waals surface area contributed by atoms with Gasteiger partial charge in [-0.05, 0) is 72.9 Å². The quantitative estimate of drug-likeness (QED) is 0.166. The van der Waals surface area contributed by atoms with Gasteiger partial charge < -0.3 is 0 Å². The van der Waals surface area contributed by atoms with Crippen molar-refractivity contribution in [3.8, 4) is 0 Å². The van der Waals surface area contributed by atoms with Crippen LogP contribution in [0.2, 0.25) is 0 Å². The first-order valence-electron chi connectivity index (χ1n) is 12.5. The van der Waals surface area contributed by atoms with Crippen LogP contribution in [0, 0.1) is 0 Å². The second-order valence-corrected chi connectivity index (χ2v) is 19.6. The molecule has 0 saturated heterocycles. The molecule has 0 bridgehead atoms. The molecule has 0 N–H and O–H groups in total. The van der Waals surface area contributed by atoms with E-state index in [2.05, 4.69) is 55.4 Å². The van der Waals surface area contributed by atoms with E-state index in [0.29, 0.717) is 0 Å². The van der Waals surface area contributed by atoms with Crippen LogP contribution >= 0.6 is 31.7 Å². The third-order valence-corrected chi connectivity index (χ3v) is 19.3. The van der Waals surface area contributed by atoms with Crippen molar-refractivity contribution in [2.75, 3.05) is 61.6 Å². The minimum atomic E-state index is 0.237. The zero-order valence-electron chi connectivity index (χ0n) is 20.8. The van der Waals surface area contributed by atoms with Crippen LogP contribution in [0.5, 0.6) is 0 Å². The molecule has 0 aliphatic carbocycles. The third-order valence-electron chi connectivity index (χ3n) is 6.08. The largest absolute Gasteiger partial charge is 0.107 e. The van der Waals surface area contributed by atoms with Gasteiger partial charge in [-0.2, -0.15) is 0 Å². The molecule has 0 nitrogen and oxygen atoms in total. The summed E-state index contributed by atoms with van der Waals surface area (Å²) in [6.45, 7) is 19.7. The Hall–Kier alpha value is 1.72. The molecular formula is C24H54P4. The average Bonchev–Trinajstić information content (AvgIpc) is 2.70. The summed E-state index contributed by atoms with van der Waals surface area (Å²) >= 11 is 0. The van der Waals surface area contributed by atoms with Gasteiger partial charge in [0.2, 0.25) is 0 Å². The van der Waals surface area contributed by atoms with Crippen molar-refractivity contribution in [2.45, 2.75) is 92.4 Å². The summed E-state index contributed by atoms with van der Waals surface area (Å²) in [7, 11) is 1.03. The van der Waals surface area contributed by atoms with Gasteiger partial charge in [0, 0.05) is 0 Å². The van der Waals surface area contributed by atoms with E-state index < -0.39 is 0 Å². The van der Waals surface area contributed by atoms with Gasteiger partial charge in [0.25, 0.3) is 0 Å². The second-order valence-electron chi connectivity index (χ2n) is 8.18. The summed E-state index contributed by atoms with van der Waals surface area (Å²) in [6, 6.07) is 0. The normalized spacial score (nSPS) is 14.6. The van der Waals surface area contributed by atoms with Gasteiger partial charge in [-0.1, -0.05) is 81.1 Å². The van der Waals surface area contributed by atoms with Crippen LogP contribution in [-0.2, 0) is 0 Å². The van der Waals surface area contributed by atoms with Crippen LogP contribution in [-0.4, -0.2) is 72.9 Å². The molecule has 0 rings (SSSR count). The highest BCUT2D eigenvalue weighted by Crippen LogP contribution is 2.59. The van der Waals surface area contributed by atoms with Crippen LogP contribution < -0.4 is 0 Å². The first-order chi connectivity index (χ1) is 13.6. The molecule has 0 aromatic heterocycles. The van der Waals surface area contributed by atoms with E-state index in [1.807, 2.05) is 0 Å². The minimum Gasteiger partial charge on any atom is -0.107 e. The Bertz CT molecular complexity index is 317. The molecule has 0 aliphatic rings. The molecule has 4 heteroatoms. The molecule has 0 amide bonds. The highest BCUT2D eigenvalue weighted by atomic mass is 31.1. The lowest BCUT2D eigenvalue weighted by Crippen LogP contribution is -2.32. The van der Waals surface area contributed by atoms with E-state index in [1.165, 1.54) is 50.3 Å². The first kappa shape index (κ1) is 29.7. The summed E-state index contributed by atoms with van der Waals surface area (Å²) < 4.78 is 0. The lowest BCUT2D eigenvalue weighted by atomic mass is 10.3. The van der Waals surface area contributed by atoms with Crippen LogP contribution in [0.3, 0.4) is 0 Å². The van der Waals surface area contributed by atoms with Crippen molar-refractivity contribution >= 4 is 31.7 Å². The molecule has 2 unspecified atom stereocenters. The summed E-state index contributed by atoms with van der Waals surface area (Å²) in [5, 5.41) is 0. The van der Waals surface area contributed by atoms with Crippen LogP contribution in [0.1, 0.15) is 81.1 Å². The van der Waals surface area contributed by atoms with Gasteiger partial charge in [0.1, 0.15) is 0 Å². The Morgan fingerprint density at radius 1 is 0.429 bits per heavy atom. The molecule has 0 radical (unpaired) electrons. The van der Waals surface area contributed by atoms with Gasteiger partial charge in [0.15, 0.2) is 0 Å². The predicted octanol–water partition coefficient (Wildman–Crippen LogP) is 9.37. The monoisotopic (exact) mass is 466 g/mol. The average molecular weight is 467 g/mol. The standard InChI is InChI=1S/C24H54P4/c1-9-17-26(18-10-2)22-24(28(19-11-3)20-12-4)23(27(15-7)16-8)21-25(13-5)14-6/h23-24H,9-22H2,1-8H3. The topological polar surface area (TPSA) is 0 Å². The molecule has 0 fully saturated rings. The molecule has 0 aliphatic heterocycles. The Morgan fingerprint density at radius 2 is 0.821 bits per heavy atom. The van der Waals surface area contributed by atoms with Crippen LogP contribution in [0.15, 0.2) is 0 Å². The fourth-order valence-corrected chi connectivity index (χ4v) is 18.3. The van der Waals surface area contributed by atoms with Crippen molar-refractivity contribution < 1.29 is 0 Å². The molecule has 0 saturated carbocycles. The number of rotatable bonds is 19. The first-order valence-corrected chi connectivity index (χ1v) is 19.8. The van der Waals surface area contributed by atoms with Crippen LogP contribution in [0.4, 0.5) is 0 Å². The molecule has 2 atom stereocenters. The van der Waals surface area contributed by atoms with Crippen LogP contribution in [0.25, 0.3) is 0 Å². The lowest BCUT2D eigenvalue weighted by molar-refractivity contribution is 0.876. The molecule has 0 spiro atoms. The van der Waals surface area contributed by atoms with E-state index in [9.17, 15) is 0 Å². The Morgan fingerprint density at radius 3 is 1.18 bits per heavy atom. The van der Waals surface area contributed by atoms with Gasteiger partial charge in [-0.3, -0.25) is 0 Å². The van der Waals surface area contributed by atoms with Gasteiger partial charge >= 0.3 is 0 Å².